The van der Waals surface area contributed by atoms with Gasteiger partial charge in [-0.3, -0.25) is 9.59 Å². The Morgan fingerprint density at radius 3 is 2.31 bits per heavy atom. The SMILES string of the molecule is COC(=O)C1=C(C)N(c2ccc(C)c(C)c2)C(=Cc2ccc(OCC(=O)Nc3ccccc3OC)cc2)C1=O. The summed E-state index contributed by atoms with van der Waals surface area (Å²) in [6.07, 6.45) is 1.72. The lowest BCUT2D eigenvalue weighted by Crippen LogP contribution is -2.20. The van der Waals surface area contributed by atoms with Crippen molar-refractivity contribution in [2.45, 2.75) is 20.8 Å². The second-order valence-electron chi connectivity index (χ2n) is 9.02. The maximum Gasteiger partial charge on any atom is 0.343 e. The number of carbonyl (C=O) groups is 3. The van der Waals surface area contributed by atoms with Gasteiger partial charge in [-0.25, -0.2) is 4.79 Å². The molecule has 8 heteroatoms. The number of benzene rings is 3. The second kappa shape index (κ2) is 11.7. The average molecular weight is 527 g/mol. The second-order valence-corrected chi connectivity index (χ2v) is 9.02. The van der Waals surface area contributed by atoms with Gasteiger partial charge in [0.15, 0.2) is 6.61 Å². The normalized spacial score (nSPS) is 14.0. The van der Waals surface area contributed by atoms with Crippen LogP contribution >= 0.6 is 0 Å². The number of nitrogens with zero attached hydrogens (tertiary/aromatic N) is 1. The molecule has 0 radical (unpaired) electrons. The predicted molar refractivity (Wildman–Crippen MR) is 150 cm³/mol. The van der Waals surface area contributed by atoms with Crippen molar-refractivity contribution in [1.29, 1.82) is 0 Å². The van der Waals surface area contributed by atoms with Crippen LogP contribution in [0.25, 0.3) is 6.08 Å². The van der Waals surface area contributed by atoms with Gasteiger partial charge in [-0.15, -0.1) is 0 Å². The third-order valence-corrected chi connectivity index (χ3v) is 6.47. The monoisotopic (exact) mass is 526 g/mol. The first-order chi connectivity index (χ1) is 18.7. The van der Waals surface area contributed by atoms with Crippen molar-refractivity contribution in [3.8, 4) is 11.5 Å². The van der Waals surface area contributed by atoms with E-state index in [4.69, 9.17) is 14.2 Å². The molecule has 1 N–H and O–H groups in total. The molecule has 3 aromatic carbocycles. The van der Waals surface area contributed by atoms with Gasteiger partial charge < -0.3 is 24.4 Å². The number of amides is 1. The first-order valence-corrected chi connectivity index (χ1v) is 12.3. The molecule has 0 unspecified atom stereocenters. The summed E-state index contributed by atoms with van der Waals surface area (Å²) in [6.45, 7) is 5.55. The summed E-state index contributed by atoms with van der Waals surface area (Å²) in [7, 11) is 2.79. The van der Waals surface area contributed by atoms with Gasteiger partial charge in [0.25, 0.3) is 5.91 Å². The Morgan fingerprint density at radius 1 is 0.923 bits per heavy atom. The number of allylic oxidation sites excluding steroid dienone is 2. The molecule has 1 aliphatic rings. The predicted octanol–water partition coefficient (Wildman–Crippen LogP) is 5.21. The summed E-state index contributed by atoms with van der Waals surface area (Å²) in [6, 6.07) is 20.0. The first kappa shape index (κ1) is 27.2. The number of ketones is 1. The third-order valence-electron chi connectivity index (χ3n) is 6.47. The van der Waals surface area contributed by atoms with E-state index in [1.807, 2.05) is 38.1 Å². The van der Waals surface area contributed by atoms with Crippen LogP contribution in [0.4, 0.5) is 11.4 Å². The van der Waals surface area contributed by atoms with Crippen LogP contribution in [0.15, 0.2) is 83.7 Å². The number of rotatable bonds is 8. The van der Waals surface area contributed by atoms with E-state index in [-0.39, 0.29) is 18.1 Å². The van der Waals surface area contributed by atoms with E-state index in [0.29, 0.717) is 28.6 Å². The zero-order valence-corrected chi connectivity index (χ0v) is 22.5. The molecule has 1 aliphatic heterocycles. The fourth-order valence-electron chi connectivity index (χ4n) is 4.26. The average Bonchev–Trinajstić information content (AvgIpc) is 3.18. The number of aryl methyl sites for hydroxylation is 2. The molecule has 0 saturated carbocycles. The van der Waals surface area contributed by atoms with Gasteiger partial charge in [0.05, 0.1) is 25.6 Å². The summed E-state index contributed by atoms with van der Waals surface area (Å²) in [5.74, 6) is -0.376. The Kier molecular flexibility index (Phi) is 8.15. The van der Waals surface area contributed by atoms with Crippen molar-refractivity contribution < 1.29 is 28.6 Å². The van der Waals surface area contributed by atoms with Crippen molar-refractivity contribution in [2.24, 2.45) is 0 Å². The molecule has 1 heterocycles. The number of methoxy groups -OCH3 is 2. The summed E-state index contributed by atoms with van der Waals surface area (Å²) in [5, 5.41) is 2.76. The van der Waals surface area contributed by atoms with Gasteiger partial charge in [0.1, 0.15) is 17.1 Å². The quantitative estimate of drug-likeness (QED) is 0.245. The molecule has 8 nitrogen and oxygen atoms in total. The molecule has 200 valence electrons. The van der Waals surface area contributed by atoms with E-state index < -0.39 is 11.8 Å². The van der Waals surface area contributed by atoms with E-state index in [1.54, 1.807) is 60.4 Å². The molecule has 0 aliphatic carbocycles. The minimum Gasteiger partial charge on any atom is -0.495 e. The molecule has 0 fully saturated rings. The summed E-state index contributed by atoms with van der Waals surface area (Å²) < 4.78 is 15.8. The van der Waals surface area contributed by atoms with Crippen LogP contribution in [-0.4, -0.2) is 38.5 Å². The van der Waals surface area contributed by atoms with Crippen LogP contribution in [0.1, 0.15) is 23.6 Å². The van der Waals surface area contributed by atoms with Gasteiger partial charge in [-0.1, -0.05) is 30.3 Å². The third kappa shape index (κ3) is 5.85. The number of hydrogen-bond acceptors (Lipinski definition) is 7. The van der Waals surface area contributed by atoms with E-state index >= 15 is 0 Å². The highest BCUT2D eigenvalue weighted by Crippen LogP contribution is 2.36. The van der Waals surface area contributed by atoms with Gasteiger partial charge in [0, 0.05) is 11.4 Å². The van der Waals surface area contributed by atoms with Crippen LogP contribution < -0.4 is 19.7 Å². The van der Waals surface area contributed by atoms with Gasteiger partial charge in [-0.05, 0) is 79.9 Å². The number of Topliss-reactive ketones (excluding diaryl/α,β-unsaturated/α-hetero) is 1. The lowest BCUT2D eigenvalue weighted by molar-refractivity contribution is -0.137. The zero-order valence-electron chi connectivity index (χ0n) is 22.5. The van der Waals surface area contributed by atoms with Crippen LogP contribution in [-0.2, 0) is 19.1 Å². The number of nitrogens with one attached hydrogen (secondary N) is 1. The Balaban J connectivity index is 1.53. The van der Waals surface area contributed by atoms with Gasteiger partial charge in [-0.2, -0.15) is 0 Å². The molecular weight excluding hydrogens is 496 g/mol. The van der Waals surface area contributed by atoms with Crippen molar-refractivity contribution in [1.82, 2.24) is 0 Å². The van der Waals surface area contributed by atoms with E-state index in [0.717, 1.165) is 22.4 Å². The van der Waals surface area contributed by atoms with Crippen molar-refractivity contribution >= 4 is 35.1 Å². The van der Waals surface area contributed by atoms with E-state index in [2.05, 4.69) is 5.32 Å². The highest BCUT2D eigenvalue weighted by atomic mass is 16.5. The Bertz CT molecular complexity index is 1490. The number of anilines is 2. The zero-order chi connectivity index (χ0) is 28.1. The summed E-state index contributed by atoms with van der Waals surface area (Å²) >= 11 is 0. The van der Waals surface area contributed by atoms with E-state index in [9.17, 15) is 14.4 Å². The van der Waals surface area contributed by atoms with Crippen molar-refractivity contribution in [3.05, 3.63) is 100 Å². The molecule has 0 bridgehead atoms. The van der Waals surface area contributed by atoms with Gasteiger partial charge in [0.2, 0.25) is 5.78 Å². The molecule has 1 amide bonds. The van der Waals surface area contributed by atoms with Crippen molar-refractivity contribution in [2.75, 3.05) is 31.0 Å². The largest absolute Gasteiger partial charge is 0.495 e. The first-order valence-electron chi connectivity index (χ1n) is 12.3. The fourth-order valence-corrected chi connectivity index (χ4v) is 4.26. The topological polar surface area (TPSA) is 94.2 Å². The molecular formula is C31H30N2O6. The lowest BCUT2D eigenvalue weighted by Gasteiger charge is -2.22. The summed E-state index contributed by atoms with van der Waals surface area (Å²) in [5.41, 5.74) is 5.07. The maximum atomic E-state index is 13.3. The standard InChI is InChI=1S/C31H30N2O6/c1-19-10-13-23(16-20(19)2)33-21(3)29(31(36)38-5)30(35)26(33)17-22-11-14-24(15-12-22)39-18-28(34)32-25-8-6-7-9-27(25)37-4/h6-17H,18H2,1-5H3,(H,32,34). The number of esters is 1. The van der Waals surface area contributed by atoms with Crippen molar-refractivity contribution in [3.63, 3.8) is 0 Å². The van der Waals surface area contributed by atoms with Crippen LogP contribution in [0.5, 0.6) is 11.5 Å². The minimum absolute atomic E-state index is 0.00277. The fraction of sp³-hybridized carbons (Fsp3) is 0.194. The van der Waals surface area contributed by atoms with Crippen LogP contribution in [0, 0.1) is 13.8 Å². The van der Waals surface area contributed by atoms with Crippen LogP contribution in [0.2, 0.25) is 0 Å². The molecule has 0 aromatic heterocycles. The molecule has 0 saturated heterocycles. The minimum atomic E-state index is -0.676. The molecule has 0 spiro atoms. The highest BCUT2D eigenvalue weighted by Gasteiger charge is 2.38. The molecule has 39 heavy (non-hydrogen) atoms. The number of hydrogen-bond donors (Lipinski definition) is 1. The maximum absolute atomic E-state index is 13.3. The number of ether oxygens (including phenoxy) is 3. The van der Waals surface area contributed by atoms with E-state index in [1.165, 1.54) is 14.2 Å². The van der Waals surface area contributed by atoms with Crippen LogP contribution in [0.3, 0.4) is 0 Å². The molecule has 4 rings (SSSR count). The Labute approximate surface area is 227 Å². The van der Waals surface area contributed by atoms with Gasteiger partial charge >= 0.3 is 5.97 Å². The number of para-hydroxylation sites is 2. The summed E-state index contributed by atoms with van der Waals surface area (Å²) in [4.78, 5) is 39.9. The Morgan fingerprint density at radius 2 is 1.64 bits per heavy atom. The smallest absolute Gasteiger partial charge is 0.343 e. The highest BCUT2D eigenvalue weighted by molar-refractivity contribution is 6.30. The molecule has 0 atom stereocenters. The molecule has 3 aromatic rings. The lowest BCUT2D eigenvalue weighted by atomic mass is 10.1. The Hall–Kier alpha value is -4.85. The number of carbonyl (C=O) groups excluding carboxylic acids is 3.